The maximum absolute atomic E-state index is 11.7. The highest BCUT2D eigenvalue weighted by Crippen LogP contribution is 2.30. The third-order valence-electron chi connectivity index (χ3n) is 2.40. The zero-order valence-corrected chi connectivity index (χ0v) is 9.59. The normalized spacial score (nSPS) is 17.6. The molecule has 1 fully saturated rings. The molecule has 1 aliphatic carbocycles. The predicted molar refractivity (Wildman–Crippen MR) is 57.4 cm³/mol. The molecule has 0 aromatic heterocycles. The minimum Gasteiger partial charge on any atom is -0.329 e. The minimum atomic E-state index is -3.08. The quantitative estimate of drug-likeness (QED) is 0.675. The van der Waals surface area contributed by atoms with Gasteiger partial charge in [0.2, 0.25) is 10.0 Å². The van der Waals surface area contributed by atoms with Crippen molar-refractivity contribution in [3.05, 3.63) is 0 Å². The maximum Gasteiger partial charge on any atom is 0.215 e. The van der Waals surface area contributed by atoms with Crippen molar-refractivity contribution >= 4 is 10.0 Å². The zero-order chi connectivity index (χ0) is 10.6. The lowest BCUT2D eigenvalue weighted by Gasteiger charge is -2.20. The molecule has 1 aliphatic rings. The van der Waals surface area contributed by atoms with E-state index in [1.165, 1.54) is 12.8 Å². The summed E-state index contributed by atoms with van der Waals surface area (Å²) in [6.07, 6.45) is 3.23. The molecule has 0 atom stereocenters. The highest BCUT2D eigenvalue weighted by atomic mass is 32.2. The molecule has 2 N–H and O–H groups in total. The van der Waals surface area contributed by atoms with Crippen LogP contribution < -0.4 is 5.73 Å². The highest BCUT2D eigenvalue weighted by Gasteiger charge is 2.29. The molecule has 0 heterocycles. The molecule has 0 aromatic carbocycles. The molecular weight excluding hydrogens is 200 g/mol. The van der Waals surface area contributed by atoms with Crippen LogP contribution in [0.3, 0.4) is 0 Å². The molecule has 84 valence electrons. The van der Waals surface area contributed by atoms with Crippen molar-refractivity contribution in [3.63, 3.8) is 0 Å². The van der Waals surface area contributed by atoms with E-state index in [0.29, 0.717) is 19.0 Å². The summed E-state index contributed by atoms with van der Waals surface area (Å²) < 4.78 is 25.1. The van der Waals surface area contributed by atoms with Gasteiger partial charge < -0.3 is 5.73 Å². The summed E-state index contributed by atoms with van der Waals surface area (Å²) in [7, 11) is -3.08. The molecule has 1 rings (SSSR count). The third kappa shape index (κ3) is 3.55. The van der Waals surface area contributed by atoms with Gasteiger partial charge >= 0.3 is 0 Å². The first-order valence-electron chi connectivity index (χ1n) is 5.28. The van der Waals surface area contributed by atoms with Crippen molar-refractivity contribution in [2.75, 3.05) is 25.4 Å². The lowest BCUT2D eigenvalue weighted by atomic mass is 10.4. The molecule has 0 bridgehead atoms. The minimum absolute atomic E-state index is 0.0831. The van der Waals surface area contributed by atoms with Gasteiger partial charge in [0, 0.05) is 19.6 Å². The van der Waals surface area contributed by atoms with Gasteiger partial charge in [-0.2, -0.15) is 0 Å². The van der Waals surface area contributed by atoms with E-state index in [9.17, 15) is 8.42 Å². The molecule has 5 heteroatoms. The number of sulfonamides is 1. The van der Waals surface area contributed by atoms with Crippen LogP contribution >= 0.6 is 0 Å². The summed E-state index contributed by atoms with van der Waals surface area (Å²) >= 11 is 0. The van der Waals surface area contributed by atoms with E-state index < -0.39 is 10.0 Å². The van der Waals surface area contributed by atoms with Crippen LogP contribution in [-0.4, -0.2) is 38.1 Å². The van der Waals surface area contributed by atoms with Gasteiger partial charge in [-0.15, -0.1) is 0 Å². The van der Waals surface area contributed by atoms with Crippen molar-refractivity contribution in [2.45, 2.75) is 26.2 Å². The summed E-state index contributed by atoms with van der Waals surface area (Å²) in [5, 5.41) is 0. The average molecular weight is 220 g/mol. The van der Waals surface area contributed by atoms with Crippen LogP contribution in [0, 0.1) is 5.92 Å². The van der Waals surface area contributed by atoms with Crippen LogP contribution in [0.2, 0.25) is 0 Å². The van der Waals surface area contributed by atoms with Crippen LogP contribution in [0.15, 0.2) is 0 Å². The summed E-state index contributed by atoms with van der Waals surface area (Å²) in [5.74, 6) is 0.689. The lowest BCUT2D eigenvalue weighted by Crippen LogP contribution is -2.37. The Morgan fingerprint density at radius 3 is 2.50 bits per heavy atom. The molecule has 4 nitrogen and oxygen atoms in total. The first kappa shape index (κ1) is 11.9. The number of rotatable bonds is 7. The second kappa shape index (κ2) is 5.09. The molecule has 0 amide bonds. The predicted octanol–water partition coefficient (Wildman–Crippen LogP) is 0.397. The van der Waals surface area contributed by atoms with Gasteiger partial charge in [0.05, 0.1) is 5.75 Å². The van der Waals surface area contributed by atoms with E-state index in [1.807, 2.05) is 6.92 Å². The SMILES string of the molecule is CCCN(CC1CC1)S(=O)(=O)CCN. The zero-order valence-electron chi connectivity index (χ0n) is 8.78. The maximum atomic E-state index is 11.7. The summed E-state index contributed by atoms with van der Waals surface area (Å²) in [4.78, 5) is 0. The molecule has 0 aliphatic heterocycles. The van der Waals surface area contributed by atoms with E-state index in [4.69, 9.17) is 5.73 Å². The Kier molecular flexibility index (Phi) is 4.34. The van der Waals surface area contributed by atoms with Crippen molar-refractivity contribution in [1.29, 1.82) is 0 Å². The van der Waals surface area contributed by atoms with E-state index >= 15 is 0 Å². The molecule has 0 saturated heterocycles. The molecule has 0 radical (unpaired) electrons. The first-order valence-corrected chi connectivity index (χ1v) is 6.89. The third-order valence-corrected chi connectivity index (χ3v) is 4.27. The van der Waals surface area contributed by atoms with Crippen LogP contribution in [0.5, 0.6) is 0 Å². The van der Waals surface area contributed by atoms with Gasteiger partial charge in [-0.25, -0.2) is 12.7 Å². The van der Waals surface area contributed by atoms with Crippen LogP contribution in [0.1, 0.15) is 26.2 Å². The van der Waals surface area contributed by atoms with Crippen LogP contribution in [0.25, 0.3) is 0 Å². The number of hydrogen-bond acceptors (Lipinski definition) is 3. The molecular formula is C9H20N2O2S. The van der Waals surface area contributed by atoms with Crippen LogP contribution in [0.4, 0.5) is 0 Å². The van der Waals surface area contributed by atoms with Gasteiger partial charge in [0.25, 0.3) is 0 Å². The van der Waals surface area contributed by atoms with E-state index in [1.54, 1.807) is 4.31 Å². The summed E-state index contributed by atoms with van der Waals surface area (Å²) in [6, 6.07) is 0. The van der Waals surface area contributed by atoms with Gasteiger partial charge in [0.15, 0.2) is 0 Å². The summed E-state index contributed by atoms with van der Waals surface area (Å²) in [5.41, 5.74) is 5.29. The monoisotopic (exact) mass is 220 g/mol. The van der Waals surface area contributed by atoms with Gasteiger partial charge in [-0.3, -0.25) is 0 Å². The molecule has 0 unspecified atom stereocenters. The van der Waals surface area contributed by atoms with Crippen molar-refractivity contribution in [2.24, 2.45) is 11.7 Å². The molecule has 0 spiro atoms. The van der Waals surface area contributed by atoms with Gasteiger partial charge in [-0.05, 0) is 25.2 Å². The second-order valence-corrected chi connectivity index (χ2v) is 5.99. The molecule has 14 heavy (non-hydrogen) atoms. The molecule has 1 saturated carbocycles. The Bertz CT molecular complexity index is 260. The van der Waals surface area contributed by atoms with E-state index in [-0.39, 0.29) is 12.3 Å². The topological polar surface area (TPSA) is 63.4 Å². The lowest BCUT2D eigenvalue weighted by molar-refractivity contribution is 0.396. The highest BCUT2D eigenvalue weighted by molar-refractivity contribution is 7.89. The second-order valence-electron chi connectivity index (χ2n) is 3.91. The Hall–Kier alpha value is -0.130. The fraction of sp³-hybridized carbons (Fsp3) is 1.00. The van der Waals surface area contributed by atoms with E-state index in [0.717, 1.165) is 6.42 Å². The fourth-order valence-corrected chi connectivity index (χ4v) is 2.91. The summed E-state index contributed by atoms with van der Waals surface area (Å²) in [6.45, 7) is 3.56. The smallest absolute Gasteiger partial charge is 0.215 e. The Morgan fingerprint density at radius 2 is 2.07 bits per heavy atom. The Morgan fingerprint density at radius 1 is 1.43 bits per heavy atom. The Labute approximate surface area is 86.5 Å². The van der Waals surface area contributed by atoms with Crippen molar-refractivity contribution in [1.82, 2.24) is 4.31 Å². The standard InChI is InChI=1S/C9H20N2O2S/c1-2-6-11(8-9-3-4-9)14(12,13)7-5-10/h9H,2-8,10H2,1H3. The first-order chi connectivity index (χ1) is 6.60. The average Bonchev–Trinajstić information content (AvgIpc) is 2.87. The van der Waals surface area contributed by atoms with Gasteiger partial charge in [-0.1, -0.05) is 6.92 Å². The largest absolute Gasteiger partial charge is 0.329 e. The van der Waals surface area contributed by atoms with Crippen molar-refractivity contribution in [3.8, 4) is 0 Å². The van der Waals surface area contributed by atoms with Crippen LogP contribution in [-0.2, 0) is 10.0 Å². The Balaban J connectivity index is 2.54. The fourth-order valence-electron chi connectivity index (χ4n) is 1.46. The van der Waals surface area contributed by atoms with Gasteiger partial charge in [0.1, 0.15) is 0 Å². The number of nitrogens with two attached hydrogens (primary N) is 1. The van der Waals surface area contributed by atoms with Crippen molar-refractivity contribution < 1.29 is 8.42 Å². The number of nitrogens with zero attached hydrogens (tertiary/aromatic N) is 1. The number of hydrogen-bond donors (Lipinski definition) is 1. The van der Waals surface area contributed by atoms with E-state index in [2.05, 4.69) is 0 Å². The molecule has 0 aromatic rings.